The lowest BCUT2D eigenvalue weighted by Gasteiger charge is -2.03. The van der Waals surface area contributed by atoms with Crippen molar-refractivity contribution in [2.75, 3.05) is 0 Å². The van der Waals surface area contributed by atoms with Crippen LogP contribution >= 0.6 is 0 Å². The molecule has 3 heteroatoms. The summed E-state index contributed by atoms with van der Waals surface area (Å²) in [5, 5.41) is 0. The molecule has 2 rings (SSSR count). The monoisotopic (exact) mass is 200 g/mol. The smallest absolute Gasteiger partial charge is 0.263 e. The number of aryl methyl sites for hydroxylation is 1. The summed E-state index contributed by atoms with van der Waals surface area (Å²) in [7, 11) is 0. The first-order chi connectivity index (χ1) is 7.20. The number of hydrogen-bond acceptors (Lipinski definition) is 2. The predicted molar refractivity (Wildman–Crippen MR) is 57.9 cm³/mol. The van der Waals surface area contributed by atoms with Crippen molar-refractivity contribution in [3.63, 3.8) is 0 Å². The molecule has 0 aliphatic carbocycles. The van der Waals surface area contributed by atoms with Crippen molar-refractivity contribution < 1.29 is 4.79 Å². The number of rotatable bonds is 1. The van der Waals surface area contributed by atoms with E-state index in [4.69, 9.17) is 0 Å². The first kappa shape index (κ1) is 9.65. The van der Waals surface area contributed by atoms with E-state index in [1.54, 1.807) is 23.0 Å². The summed E-state index contributed by atoms with van der Waals surface area (Å²) in [4.78, 5) is 16.1. The molecular formula is C12H12N2O. The van der Waals surface area contributed by atoms with Gasteiger partial charge in [-0.3, -0.25) is 9.36 Å². The average molecular weight is 200 g/mol. The molecule has 0 saturated carbocycles. The zero-order chi connectivity index (χ0) is 10.8. The van der Waals surface area contributed by atoms with Crippen LogP contribution in [0.25, 0.3) is 0 Å². The molecule has 0 N–H and O–H groups in total. The minimum absolute atomic E-state index is 0.0336. The quantitative estimate of drug-likeness (QED) is 0.707. The van der Waals surface area contributed by atoms with E-state index in [1.807, 2.05) is 32.0 Å². The van der Waals surface area contributed by atoms with Crippen molar-refractivity contribution in [3.05, 3.63) is 53.6 Å². The Labute approximate surface area is 88.4 Å². The zero-order valence-electron chi connectivity index (χ0n) is 8.77. The summed E-state index contributed by atoms with van der Waals surface area (Å²) >= 11 is 0. The molecule has 3 nitrogen and oxygen atoms in total. The van der Waals surface area contributed by atoms with E-state index in [-0.39, 0.29) is 5.91 Å². The van der Waals surface area contributed by atoms with Crippen LogP contribution in [0.2, 0.25) is 0 Å². The Morgan fingerprint density at radius 1 is 1.20 bits per heavy atom. The second kappa shape index (κ2) is 3.69. The van der Waals surface area contributed by atoms with Crippen molar-refractivity contribution in [3.8, 4) is 0 Å². The van der Waals surface area contributed by atoms with E-state index in [0.29, 0.717) is 5.56 Å². The van der Waals surface area contributed by atoms with E-state index in [2.05, 4.69) is 4.98 Å². The molecule has 0 unspecified atom stereocenters. The molecular weight excluding hydrogens is 188 g/mol. The minimum atomic E-state index is -0.0336. The molecule has 76 valence electrons. The van der Waals surface area contributed by atoms with Crippen LogP contribution in [0.15, 0.2) is 36.7 Å². The van der Waals surface area contributed by atoms with Crippen molar-refractivity contribution in [2.45, 2.75) is 13.8 Å². The van der Waals surface area contributed by atoms with Crippen LogP contribution < -0.4 is 0 Å². The number of nitrogens with zero attached hydrogens (tertiary/aromatic N) is 2. The van der Waals surface area contributed by atoms with Crippen LogP contribution in [0.3, 0.4) is 0 Å². The molecule has 0 bridgehead atoms. The summed E-state index contributed by atoms with van der Waals surface area (Å²) < 4.78 is 1.57. The highest BCUT2D eigenvalue weighted by atomic mass is 16.2. The molecule has 0 atom stereocenters. The lowest BCUT2D eigenvalue weighted by molar-refractivity contribution is 0.0957. The van der Waals surface area contributed by atoms with Crippen molar-refractivity contribution in [1.29, 1.82) is 0 Å². The Bertz CT molecular complexity index is 486. The van der Waals surface area contributed by atoms with Gasteiger partial charge in [0, 0.05) is 11.3 Å². The lowest BCUT2D eigenvalue weighted by Crippen LogP contribution is -2.12. The maximum Gasteiger partial charge on any atom is 0.263 e. The first-order valence-corrected chi connectivity index (χ1v) is 4.80. The van der Waals surface area contributed by atoms with Crippen molar-refractivity contribution in [2.24, 2.45) is 0 Å². The Balaban J connectivity index is 2.42. The fourth-order valence-corrected chi connectivity index (χ4v) is 1.42. The topological polar surface area (TPSA) is 34.9 Å². The van der Waals surface area contributed by atoms with Gasteiger partial charge in [0.25, 0.3) is 5.91 Å². The van der Waals surface area contributed by atoms with Gasteiger partial charge < -0.3 is 0 Å². The van der Waals surface area contributed by atoms with Gasteiger partial charge in [0.15, 0.2) is 0 Å². The van der Waals surface area contributed by atoms with E-state index in [0.717, 1.165) is 11.4 Å². The average Bonchev–Trinajstić information content (AvgIpc) is 2.60. The third-order valence-corrected chi connectivity index (χ3v) is 2.49. The largest absolute Gasteiger partial charge is 0.269 e. The Morgan fingerprint density at radius 2 is 1.87 bits per heavy atom. The van der Waals surface area contributed by atoms with Crippen LogP contribution in [-0.2, 0) is 0 Å². The molecule has 0 amide bonds. The zero-order valence-corrected chi connectivity index (χ0v) is 8.77. The standard InChI is InChI=1S/C12H12N2O/c1-9-10(2)14(8-13-9)12(15)11-6-4-3-5-7-11/h3-8H,1-2H3. The molecule has 2 aromatic rings. The van der Waals surface area contributed by atoms with Gasteiger partial charge >= 0.3 is 0 Å². The number of hydrogen-bond donors (Lipinski definition) is 0. The summed E-state index contributed by atoms with van der Waals surface area (Å²) in [6.07, 6.45) is 1.57. The van der Waals surface area contributed by atoms with Gasteiger partial charge in [-0.05, 0) is 26.0 Å². The summed E-state index contributed by atoms with van der Waals surface area (Å²) in [6, 6.07) is 9.20. The fourth-order valence-electron chi connectivity index (χ4n) is 1.42. The lowest BCUT2D eigenvalue weighted by atomic mass is 10.2. The molecule has 0 fully saturated rings. The molecule has 1 aromatic heterocycles. The van der Waals surface area contributed by atoms with E-state index in [9.17, 15) is 4.79 Å². The van der Waals surface area contributed by atoms with Crippen LogP contribution in [-0.4, -0.2) is 15.5 Å². The van der Waals surface area contributed by atoms with Gasteiger partial charge in [-0.1, -0.05) is 18.2 Å². The second-order valence-corrected chi connectivity index (χ2v) is 3.46. The number of benzene rings is 1. The number of carbonyl (C=O) groups excluding carboxylic acids is 1. The minimum Gasteiger partial charge on any atom is -0.269 e. The SMILES string of the molecule is Cc1ncn(C(=O)c2ccccc2)c1C. The maximum absolute atomic E-state index is 12.0. The summed E-state index contributed by atoms with van der Waals surface area (Å²) in [6.45, 7) is 3.78. The molecule has 0 aliphatic rings. The van der Waals surface area contributed by atoms with Crippen LogP contribution in [0.5, 0.6) is 0 Å². The van der Waals surface area contributed by atoms with E-state index in [1.165, 1.54) is 0 Å². The Hall–Kier alpha value is -1.90. The van der Waals surface area contributed by atoms with Gasteiger partial charge in [0.2, 0.25) is 0 Å². The van der Waals surface area contributed by atoms with Gasteiger partial charge in [-0.15, -0.1) is 0 Å². The third-order valence-electron chi connectivity index (χ3n) is 2.49. The summed E-state index contributed by atoms with van der Waals surface area (Å²) in [5.41, 5.74) is 2.46. The predicted octanol–water partition coefficient (Wildman–Crippen LogP) is 2.19. The number of imidazole rings is 1. The van der Waals surface area contributed by atoms with Crippen molar-refractivity contribution in [1.82, 2.24) is 9.55 Å². The van der Waals surface area contributed by atoms with Crippen LogP contribution in [0, 0.1) is 13.8 Å². The molecule has 0 aliphatic heterocycles. The maximum atomic E-state index is 12.0. The Morgan fingerprint density at radius 3 is 2.40 bits per heavy atom. The van der Waals surface area contributed by atoms with Crippen molar-refractivity contribution >= 4 is 5.91 Å². The highest BCUT2D eigenvalue weighted by Gasteiger charge is 2.11. The van der Waals surface area contributed by atoms with Gasteiger partial charge in [-0.2, -0.15) is 0 Å². The highest BCUT2D eigenvalue weighted by molar-refractivity contribution is 5.96. The molecule has 15 heavy (non-hydrogen) atoms. The molecule has 1 aromatic carbocycles. The molecule has 0 saturated heterocycles. The first-order valence-electron chi connectivity index (χ1n) is 4.80. The summed E-state index contributed by atoms with van der Waals surface area (Å²) in [5.74, 6) is -0.0336. The second-order valence-electron chi connectivity index (χ2n) is 3.46. The molecule has 0 radical (unpaired) electrons. The van der Waals surface area contributed by atoms with Gasteiger partial charge in [-0.25, -0.2) is 4.98 Å². The van der Waals surface area contributed by atoms with Gasteiger partial charge in [0.1, 0.15) is 6.33 Å². The number of aromatic nitrogens is 2. The van der Waals surface area contributed by atoms with E-state index >= 15 is 0 Å². The normalized spacial score (nSPS) is 10.3. The molecule has 1 heterocycles. The van der Waals surface area contributed by atoms with Crippen LogP contribution in [0.1, 0.15) is 21.7 Å². The molecule has 0 spiro atoms. The fraction of sp³-hybridized carbons (Fsp3) is 0.167. The third kappa shape index (κ3) is 1.68. The van der Waals surface area contributed by atoms with Gasteiger partial charge in [0.05, 0.1) is 5.69 Å². The van der Waals surface area contributed by atoms with Crippen LogP contribution in [0.4, 0.5) is 0 Å². The number of carbonyl (C=O) groups is 1. The van der Waals surface area contributed by atoms with E-state index < -0.39 is 0 Å². The Kier molecular flexibility index (Phi) is 2.37. The highest BCUT2D eigenvalue weighted by Crippen LogP contribution is 2.08.